The fraction of sp³-hybridized carbons (Fsp3) is 0.235. The molecule has 0 spiro atoms. The van der Waals surface area contributed by atoms with Crippen LogP contribution in [0.1, 0.15) is 31.1 Å². The first-order chi connectivity index (χ1) is 11.2. The third-order valence-electron chi connectivity index (χ3n) is 2.87. The Kier molecular flexibility index (Phi) is 4.82. The second kappa shape index (κ2) is 6.66. The van der Waals surface area contributed by atoms with Crippen LogP contribution in [0, 0.1) is 5.82 Å². The maximum Gasteiger partial charge on any atom is 0.420 e. The summed E-state index contributed by atoms with van der Waals surface area (Å²) in [5.74, 6) is -1.98. The summed E-state index contributed by atoms with van der Waals surface area (Å²) in [6.07, 6.45) is 0.493. The van der Waals surface area contributed by atoms with Crippen molar-refractivity contribution in [1.29, 1.82) is 0 Å². The summed E-state index contributed by atoms with van der Waals surface area (Å²) in [7, 11) is 0. The largest absolute Gasteiger partial charge is 0.478 e. The Balaban J connectivity index is 2.60. The zero-order chi connectivity index (χ0) is 17.9. The highest BCUT2D eigenvalue weighted by Gasteiger charge is 2.29. The van der Waals surface area contributed by atoms with Crippen LogP contribution in [0.25, 0.3) is 0 Å². The number of carboxylic acids is 1. The van der Waals surface area contributed by atoms with Crippen LogP contribution in [0.15, 0.2) is 42.6 Å². The fourth-order valence-electron chi connectivity index (χ4n) is 1.98. The van der Waals surface area contributed by atoms with Gasteiger partial charge < -0.3 is 9.84 Å². The lowest BCUT2D eigenvalue weighted by Gasteiger charge is -2.27. The van der Waals surface area contributed by atoms with Crippen molar-refractivity contribution in [2.75, 3.05) is 4.90 Å². The van der Waals surface area contributed by atoms with Gasteiger partial charge in [-0.1, -0.05) is 6.07 Å². The van der Waals surface area contributed by atoms with E-state index in [4.69, 9.17) is 4.74 Å². The van der Waals surface area contributed by atoms with Crippen molar-refractivity contribution in [3.8, 4) is 0 Å². The van der Waals surface area contributed by atoms with Crippen molar-refractivity contribution in [1.82, 2.24) is 4.98 Å². The van der Waals surface area contributed by atoms with E-state index in [2.05, 4.69) is 4.98 Å². The minimum atomic E-state index is -1.26. The number of hydrogen-bond donors (Lipinski definition) is 1. The number of benzene rings is 1. The predicted octanol–water partition coefficient (Wildman–Crippen LogP) is 3.99. The highest BCUT2D eigenvalue weighted by Crippen LogP contribution is 2.29. The van der Waals surface area contributed by atoms with Gasteiger partial charge in [-0.3, -0.25) is 0 Å². The first-order valence-electron chi connectivity index (χ1n) is 7.16. The number of ether oxygens (including phenoxy) is 1. The molecule has 0 saturated carbocycles. The van der Waals surface area contributed by atoms with Crippen molar-refractivity contribution in [3.05, 3.63) is 54.0 Å². The van der Waals surface area contributed by atoms with E-state index < -0.39 is 23.5 Å². The summed E-state index contributed by atoms with van der Waals surface area (Å²) in [6.45, 7) is 5.02. The van der Waals surface area contributed by atoms with E-state index >= 15 is 0 Å². The van der Waals surface area contributed by atoms with Crippen molar-refractivity contribution >= 4 is 23.6 Å². The van der Waals surface area contributed by atoms with Crippen molar-refractivity contribution in [2.24, 2.45) is 0 Å². The molecule has 0 fully saturated rings. The van der Waals surface area contributed by atoms with Crippen LogP contribution >= 0.6 is 0 Å². The number of rotatable bonds is 3. The van der Waals surface area contributed by atoms with Gasteiger partial charge in [-0.15, -0.1) is 0 Å². The average Bonchev–Trinajstić information content (AvgIpc) is 2.46. The van der Waals surface area contributed by atoms with Gasteiger partial charge in [-0.05, 0) is 51.1 Å². The van der Waals surface area contributed by atoms with Gasteiger partial charge in [-0.2, -0.15) is 0 Å². The summed E-state index contributed by atoms with van der Waals surface area (Å²) in [6, 6.07) is 7.93. The summed E-state index contributed by atoms with van der Waals surface area (Å²) < 4.78 is 18.9. The lowest BCUT2D eigenvalue weighted by atomic mass is 10.2. The van der Waals surface area contributed by atoms with Gasteiger partial charge in [0.05, 0.1) is 5.69 Å². The molecule has 0 atom stereocenters. The Morgan fingerprint density at radius 3 is 2.50 bits per heavy atom. The van der Waals surface area contributed by atoms with Gasteiger partial charge in [0.2, 0.25) is 0 Å². The molecule has 0 bridgehead atoms. The van der Waals surface area contributed by atoms with Crippen LogP contribution in [0.2, 0.25) is 0 Å². The van der Waals surface area contributed by atoms with Crippen LogP contribution in [0.5, 0.6) is 0 Å². The molecule has 1 amide bonds. The number of aromatic nitrogens is 1. The van der Waals surface area contributed by atoms with Gasteiger partial charge in [0.25, 0.3) is 0 Å². The molecule has 0 aliphatic rings. The van der Waals surface area contributed by atoms with E-state index in [-0.39, 0.29) is 17.1 Å². The van der Waals surface area contributed by atoms with Crippen LogP contribution in [-0.4, -0.2) is 27.8 Å². The number of pyridine rings is 1. The molecule has 2 aromatic rings. The SMILES string of the molecule is CC(C)(C)OC(=O)N(c1cccc(F)c1)c1ncccc1C(=O)O. The summed E-state index contributed by atoms with van der Waals surface area (Å²) >= 11 is 0. The van der Waals surface area contributed by atoms with Gasteiger partial charge >= 0.3 is 12.1 Å². The number of carbonyl (C=O) groups is 2. The van der Waals surface area contributed by atoms with Crippen molar-refractivity contribution in [2.45, 2.75) is 26.4 Å². The molecule has 0 aliphatic heterocycles. The van der Waals surface area contributed by atoms with Crippen LogP contribution in [-0.2, 0) is 4.74 Å². The minimum Gasteiger partial charge on any atom is -0.478 e. The Bertz CT molecular complexity index is 771. The second-order valence-corrected chi connectivity index (χ2v) is 5.98. The number of halogens is 1. The number of carboxylic acid groups (broad SMARTS) is 1. The van der Waals surface area contributed by atoms with Crippen molar-refractivity contribution in [3.63, 3.8) is 0 Å². The molecule has 0 aliphatic carbocycles. The minimum absolute atomic E-state index is 0.116. The summed E-state index contributed by atoms with van der Waals surface area (Å²) in [4.78, 5) is 29.0. The van der Waals surface area contributed by atoms with Crippen LogP contribution < -0.4 is 4.90 Å². The van der Waals surface area contributed by atoms with E-state index in [1.54, 1.807) is 20.8 Å². The van der Waals surface area contributed by atoms with E-state index in [0.29, 0.717) is 0 Å². The molecule has 1 aromatic carbocycles. The summed E-state index contributed by atoms with van der Waals surface area (Å²) in [5, 5.41) is 9.34. The number of hydrogen-bond acceptors (Lipinski definition) is 4. The smallest absolute Gasteiger partial charge is 0.420 e. The van der Waals surface area contributed by atoms with Gasteiger partial charge in [0.1, 0.15) is 17.0 Å². The van der Waals surface area contributed by atoms with E-state index in [1.807, 2.05) is 0 Å². The molecular formula is C17H17FN2O4. The number of anilines is 2. The Morgan fingerprint density at radius 2 is 1.92 bits per heavy atom. The number of carbonyl (C=O) groups excluding carboxylic acids is 1. The van der Waals surface area contributed by atoms with Gasteiger partial charge in [0.15, 0.2) is 5.82 Å². The predicted molar refractivity (Wildman–Crippen MR) is 86.0 cm³/mol. The third kappa shape index (κ3) is 4.07. The number of nitrogens with zero attached hydrogens (tertiary/aromatic N) is 2. The van der Waals surface area contributed by atoms with E-state index in [1.165, 1.54) is 36.5 Å². The molecule has 1 N–H and O–H groups in total. The Hall–Kier alpha value is -2.96. The van der Waals surface area contributed by atoms with Gasteiger partial charge in [0, 0.05) is 6.20 Å². The standard InChI is InChI=1S/C17H17FN2O4/c1-17(2,3)24-16(23)20(12-7-4-6-11(18)10-12)14-13(15(21)22)8-5-9-19-14/h4-10H,1-3H3,(H,21,22). The Morgan fingerprint density at radius 1 is 1.21 bits per heavy atom. The molecule has 2 rings (SSSR count). The molecule has 24 heavy (non-hydrogen) atoms. The fourth-order valence-corrected chi connectivity index (χ4v) is 1.98. The molecule has 0 unspecified atom stereocenters. The zero-order valence-electron chi connectivity index (χ0n) is 13.5. The normalized spacial score (nSPS) is 11.0. The molecule has 1 heterocycles. The molecule has 6 nitrogen and oxygen atoms in total. The first kappa shape index (κ1) is 17.4. The lowest BCUT2D eigenvalue weighted by molar-refractivity contribution is 0.0598. The zero-order valence-corrected chi connectivity index (χ0v) is 13.5. The Labute approximate surface area is 138 Å². The topological polar surface area (TPSA) is 79.7 Å². The van der Waals surface area contributed by atoms with Crippen LogP contribution in [0.4, 0.5) is 20.7 Å². The average molecular weight is 332 g/mol. The lowest BCUT2D eigenvalue weighted by Crippen LogP contribution is -2.35. The molecule has 1 aromatic heterocycles. The maximum atomic E-state index is 13.6. The quantitative estimate of drug-likeness (QED) is 0.919. The molecule has 0 radical (unpaired) electrons. The molecule has 7 heteroatoms. The maximum absolute atomic E-state index is 13.6. The van der Waals surface area contributed by atoms with Crippen LogP contribution in [0.3, 0.4) is 0 Å². The summed E-state index contributed by atoms with van der Waals surface area (Å²) in [5.41, 5.74) is -0.904. The number of aromatic carboxylic acids is 1. The third-order valence-corrected chi connectivity index (χ3v) is 2.87. The van der Waals surface area contributed by atoms with E-state index in [0.717, 1.165) is 11.0 Å². The number of amides is 1. The second-order valence-electron chi connectivity index (χ2n) is 5.98. The molecule has 0 saturated heterocycles. The highest BCUT2D eigenvalue weighted by molar-refractivity contribution is 6.02. The molecule has 126 valence electrons. The highest BCUT2D eigenvalue weighted by atomic mass is 19.1. The van der Waals surface area contributed by atoms with Gasteiger partial charge in [-0.25, -0.2) is 23.9 Å². The molecular weight excluding hydrogens is 315 g/mol. The first-order valence-corrected chi connectivity index (χ1v) is 7.16. The van der Waals surface area contributed by atoms with Crippen molar-refractivity contribution < 1.29 is 23.8 Å². The van der Waals surface area contributed by atoms with E-state index in [9.17, 15) is 19.1 Å². The monoisotopic (exact) mass is 332 g/mol.